The van der Waals surface area contributed by atoms with Gasteiger partial charge in [-0.15, -0.1) is 0 Å². The lowest BCUT2D eigenvalue weighted by Crippen LogP contribution is -2.33. The number of carbonyl (C=O) groups is 2. The van der Waals surface area contributed by atoms with Crippen LogP contribution < -0.4 is 9.47 Å². The summed E-state index contributed by atoms with van der Waals surface area (Å²) in [6.07, 6.45) is 0. The number of ketones is 1. The molecule has 3 rings (SSSR count). The van der Waals surface area contributed by atoms with E-state index in [9.17, 15) is 9.59 Å². The van der Waals surface area contributed by atoms with Crippen LogP contribution in [0.25, 0.3) is 0 Å². The summed E-state index contributed by atoms with van der Waals surface area (Å²) in [7, 11) is 4.49. The summed E-state index contributed by atoms with van der Waals surface area (Å²) in [5.74, 6) is 1.77. The number of nitrogens with zero attached hydrogens (tertiary/aromatic N) is 1. The standard InChI is InChI=1S/C22H27NO3.C2H3ClO2/c1-16(24)22(2)15-23(13-17-8-6-5-7-9-17)14-19(22)18-10-11-20(25-3)21(12-18)26-4;1-5-2(3)4/h5-12,19H,13-15H2,1-4H3;1H3. The fraction of sp³-hybridized carbons (Fsp3) is 0.417. The second kappa shape index (κ2) is 11.2. The Labute approximate surface area is 189 Å². The monoisotopic (exact) mass is 447 g/mol. The Kier molecular flexibility index (Phi) is 8.89. The fourth-order valence-corrected chi connectivity index (χ4v) is 3.96. The highest BCUT2D eigenvalue weighted by atomic mass is 35.5. The Bertz CT molecular complexity index is 889. The molecule has 0 aliphatic carbocycles. The molecule has 6 nitrogen and oxygen atoms in total. The number of carbonyl (C=O) groups excluding carboxylic acids is 2. The number of Topliss-reactive ketones (excluding diaryl/α,β-unsaturated/α-hetero) is 1. The first kappa shape index (κ1) is 24.7. The number of ether oxygens (including phenoxy) is 3. The van der Waals surface area contributed by atoms with Gasteiger partial charge in [0.15, 0.2) is 11.5 Å². The van der Waals surface area contributed by atoms with E-state index in [1.807, 2.05) is 18.2 Å². The molecule has 0 bridgehead atoms. The first-order chi connectivity index (χ1) is 14.7. The molecule has 7 heteroatoms. The first-order valence-electron chi connectivity index (χ1n) is 9.97. The second-order valence-electron chi connectivity index (χ2n) is 7.74. The van der Waals surface area contributed by atoms with Gasteiger partial charge < -0.3 is 14.2 Å². The SMILES string of the molecule is COC(=O)Cl.COc1ccc(C2CN(Cc3ccccc3)CC2(C)C(C)=O)cc1OC. The van der Waals surface area contributed by atoms with Crippen LogP contribution in [0.5, 0.6) is 11.5 Å². The van der Waals surface area contributed by atoms with Crippen molar-refractivity contribution in [3.63, 3.8) is 0 Å². The maximum atomic E-state index is 12.5. The molecule has 0 radical (unpaired) electrons. The summed E-state index contributed by atoms with van der Waals surface area (Å²) in [6, 6.07) is 16.4. The highest BCUT2D eigenvalue weighted by Crippen LogP contribution is 2.45. The van der Waals surface area contributed by atoms with Gasteiger partial charge in [-0.25, -0.2) is 4.79 Å². The molecule has 0 saturated carbocycles. The molecule has 168 valence electrons. The van der Waals surface area contributed by atoms with Gasteiger partial charge in [-0.05, 0) is 30.2 Å². The molecule has 0 spiro atoms. The normalized spacial score (nSPS) is 20.4. The van der Waals surface area contributed by atoms with Gasteiger partial charge in [-0.1, -0.05) is 43.3 Å². The minimum atomic E-state index is -0.773. The summed E-state index contributed by atoms with van der Waals surface area (Å²) in [5, 5.41) is 0. The lowest BCUT2D eigenvalue weighted by molar-refractivity contribution is -0.125. The maximum absolute atomic E-state index is 12.5. The van der Waals surface area contributed by atoms with E-state index >= 15 is 0 Å². The molecule has 0 aromatic heterocycles. The van der Waals surface area contributed by atoms with Gasteiger partial charge in [-0.2, -0.15) is 0 Å². The van der Waals surface area contributed by atoms with Crippen LogP contribution in [-0.2, 0) is 16.1 Å². The quantitative estimate of drug-likeness (QED) is 0.587. The van der Waals surface area contributed by atoms with Crippen LogP contribution in [0.4, 0.5) is 4.79 Å². The number of halogens is 1. The molecule has 1 saturated heterocycles. The summed E-state index contributed by atoms with van der Waals surface area (Å²) in [4.78, 5) is 24.3. The van der Waals surface area contributed by atoms with E-state index in [1.165, 1.54) is 12.7 Å². The van der Waals surface area contributed by atoms with Crippen molar-refractivity contribution in [1.29, 1.82) is 0 Å². The van der Waals surface area contributed by atoms with Gasteiger partial charge >= 0.3 is 5.43 Å². The van der Waals surface area contributed by atoms with Gasteiger partial charge in [0.05, 0.1) is 21.3 Å². The number of hydrogen-bond donors (Lipinski definition) is 0. The van der Waals surface area contributed by atoms with E-state index in [-0.39, 0.29) is 11.7 Å². The maximum Gasteiger partial charge on any atom is 0.403 e. The Morgan fingerprint density at radius 1 is 1.06 bits per heavy atom. The number of methoxy groups -OCH3 is 3. The van der Waals surface area contributed by atoms with Crippen LogP contribution in [0.2, 0.25) is 0 Å². The van der Waals surface area contributed by atoms with Crippen molar-refractivity contribution in [2.75, 3.05) is 34.4 Å². The molecule has 2 atom stereocenters. The fourth-order valence-electron chi connectivity index (χ4n) is 3.96. The van der Waals surface area contributed by atoms with Crippen molar-refractivity contribution in [2.24, 2.45) is 5.41 Å². The van der Waals surface area contributed by atoms with Crippen LogP contribution in [-0.4, -0.2) is 50.5 Å². The van der Waals surface area contributed by atoms with E-state index in [2.05, 4.69) is 58.5 Å². The molecule has 1 aliphatic rings. The van der Waals surface area contributed by atoms with Crippen molar-refractivity contribution in [2.45, 2.75) is 26.3 Å². The molecular formula is C24H30ClNO5. The van der Waals surface area contributed by atoms with Crippen LogP contribution in [0.15, 0.2) is 48.5 Å². The zero-order chi connectivity index (χ0) is 23.0. The molecule has 1 aliphatic heterocycles. The van der Waals surface area contributed by atoms with E-state index in [4.69, 9.17) is 9.47 Å². The molecule has 2 aromatic rings. The minimum Gasteiger partial charge on any atom is -0.493 e. The lowest BCUT2D eigenvalue weighted by Gasteiger charge is -2.28. The van der Waals surface area contributed by atoms with Gasteiger partial charge in [0.1, 0.15) is 5.78 Å². The number of rotatable bonds is 6. The van der Waals surface area contributed by atoms with Crippen LogP contribution >= 0.6 is 11.6 Å². The molecule has 2 aromatic carbocycles. The highest BCUT2D eigenvalue weighted by Gasteiger charge is 2.47. The Morgan fingerprint density at radius 3 is 2.19 bits per heavy atom. The van der Waals surface area contributed by atoms with Crippen LogP contribution in [0.3, 0.4) is 0 Å². The van der Waals surface area contributed by atoms with Gasteiger partial charge in [0.25, 0.3) is 0 Å². The van der Waals surface area contributed by atoms with Gasteiger partial charge in [0, 0.05) is 42.6 Å². The van der Waals surface area contributed by atoms with E-state index in [0.29, 0.717) is 11.5 Å². The molecule has 31 heavy (non-hydrogen) atoms. The minimum absolute atomic E-state index is 0.128. The smallest absolute Gasteiger partial charge is 0.403 e. The van der Waals surface area contributed by atoms with Crippen molar-refractivity contribution in [3.8, 4) is 11.5 Å². The zero-order valence-electron chi connectivity index (χ0n) is 18.7. The van der Waals surface area contributed by atoms with Crippen LogP contribution in [0, 0.1) is 5.41 Å². The lowest BCUT2D eigenvalue weighted by atomic mass is 9.73. The third kappa shape index (κ3) is 6.21. The van der Waals surface area contributed by atoms with E-state index in [0.717, 1.165) is 25.2 Å². The summed E-state index contributed by atoms with van der Waals surface area (Å²) in [5.41, 5.74) is 1.21. The Balaban J connectivity index is 0.000000614. The van der Waals surface area contributed by atoms with Crippen LogP contribution in [0.1, 0.15) is 30.9 Å². The average Bonchev–Trinajstić information content (AvgIpc) is 3.11. The van der Waals surface area contributed by atoms with Crippen molar-refractivity contribution < 1.29 is 23.8 Å². The highest BCUT2D eigenvalue weighted by molar-refractivity contribution is 6.61. The number of likely N-dealkylation sites (tertiary alicyclic amines) is 1. The number of hydrogen-bond acceptors (Lipinski definition) is 6. The largest absolute Gasteiger partial charge is 0.493 e. The average molecular weight is 448 g/mol. The van der Waals surface area contributed by atoms with Crippen molar-refractivity contribution >= 4 is 22.8 Å². The van der Waals surface area contributed by atoms with E-state index in [1.54, 1.807) is 21.1 Å². The Hall–Kier alpha value is -2.57. The summed E-state index contributed by atoms with van der Waals surface area (Å²) in [6.45, 7) is 6.26. The molecule has 1 heterocycles. The predicted octanol–water partition coefficient (Wildman–Crippen LogP) is 4.89. The molecule has 2 unspecified atom stereocenters. The molecule has 0 amide bonds. The Morgan fingerprint density at radius 2 is 1.68 bits per heavy atom. The topological polar surface area (TPSA) is 65.1 Å². The molecular weight excluding hydrogens is 418 g/mol. The van der Waals surface area contributed by atoms with Crippen molar-refractivity contribution in [3.05, 3.63) is 59.7 Å². The van der Waals surface area contributed by atoms with Gasteiger partial charge in [0.2, 0.25) is 0 Å². The third-order valence-corrected chi connectivity index (χ3v) is 5.94. The molecule has 1 fully saturated rings. The summed E-state index contributed by atoms with van der Waals surface area (Å²) >= 11 is 4.60. The first-order valence-corrected chi connectivity index (χ1v) is 10.4. The second-order valence-corrected chi connectivity index (χ2v) is 8.05. The predicted molar refractivity (Wildman–Crippen MR) is 121 cm³/mol. The zero-order valence-corrected chi connectivity index (χ0v) is 19.4. The summed E-state index contributed by atoms with van der Waals surface area (Å²) < 4.78 is 14.7. The number of benzene rings is 2. The van der Waals surface area contributed by atoms with Gasteiger partial charge in [-0.3, -0.25) is 9.69 Å². The van der Waals surface area contributed by atoms with E-state index < -0.39 is 10.8 Å². The molecule has 0 N–H and O–H groups in total. The third-order valence-electron chi connectivity index (χ3n) is 5.79. The van der Waals surface area contributed by atoms with Crippen molar-refractivity contribution in [1.82, 2.24) is 4.90 Å².